The lowest BCUT2D eigenvalue weighted by molar-refractivity contribution is -0.150. The van der Waals surface area contributed by atoms with Crippen molar-refractivity contribution in [3.05, 3.63) is 44.9 Å². The standard InChI is InChI=1S/C20H20BrN3O5S/c1-28-20(27)17-16(12-3-2-4-13(21)9-12)14(10-22)19(23-18(17)26)30-11-15(25)24-5-7-29-8-6-24/h2-4,9,16-17H,5-8,11H2,1H3,(H,23,26)/t16-,17+/m0/s1. The molecule has 0 saturated carbocycles. The van der Waals surface area contributed by atoms with Gasteiger partial charge in [-0.05, 0) is 17.7 Å². The first-order valence-corrected chi connectivity index (χ1v) is 11.0. The number of hydrogen-bond donors (Lipinski definition) is 1. The molecular formula is C20H20BrN3O5S. The molecule has 2 aliphatic rings. The van der Waals surface area contributed by atoms with E-state index in [1.165, 1.54) is 7.11 Å². The molecule has 0 aliphatic carbocycles. The maximum Gasteiger partial charge on any atom is 0.319 e. The predicted molar refractivity (Wildman–Crippen MR) is 113 cm³/mol. The largest absolute Gasteiger partial charge is 0.468 e. The van der Waals surface area contributed by atoms with Gasteiger partial charge in [-0.3, -0.25) is 14.4 Å². The number of nitrogens with zero attached hydrogens (tertiary/aromatic N) is 2. The molecule has 0 radical (unpaired) electrons. The summed E-state index contributed by atoms with van der Waals surface area (Å²) in [6, 6.07) is 9.22. The summed E-state index contributed by atoms with van der Waals surface area (Å²) in [4.78, 5) is 39.3. The second-order valence-electron chi connectivity index (χ2n) is 6.66. The minimum absolute atomic E-state index is 0.0644. The number of rotatable bonds is 5. The highest BCUT2D eigenvalue weighted by molar-refractivity contribution is 9.10. The van der Waals surface area contributed by atoms with Crippen molar-refractivity contribution in [2.45, 2.75) is 5.92 Å². The molecule has 0 spiro atoms. The number of allylic oxidation sites excluding steroid dienone is 1. The van der Waals surface area contributed by atoms with Gasteiger partial charge in [0.25, 0.3) is 0 Å². The highest BCUT2D eigenvalue weighted by Crippen LogP contribution is 2.40. The number of benzene rings is 1. The van der Waals surface area contributed by atoms with E-state index in [1.54, 1.807) is 23.1 Å². The number of methoxy groups -OCH3 is 1. The smallest absolute Gasteiger partial charge is 0.319 e. The van der Waals surface area contributed by atoms with Crippen LogP contribution in [0.2, 0.25) is 0 Å². The van der Waals surface area contributed by atoms with Gasteiger partial charge >= 0.3 is 5.97 Å². The second kappa shape index (κ2) is 10.1. The third-order valence-corrected chi connectivity index (χ3v) is 6.39. The number of nitrogens with one attached hydrogen (secondary N) is 1. The molecule has 1 N–H and O–H groups in total. The van der Waals surface area contributed by atoms with E-state index >= 15 is 0 Å². The number of halogens is 1. The van der Waals surface area contributed by atoms with Gasteiger partial charge in [0.1, 0.15) is 5.92 Å². The van der Waals surface area contributed by atoms with Crippen LogP contribution in [0.15, 0.2) is 39.3 Å². The van der Waals surface area contributed by atoms with Gasteiger partial charge in [0.05, 0.1) is 42.7 Å². The minimum atomic E-state index is -1.20. The summed E-state index contributed by atoms with van der Waals surface area (Å²) >= 11 is 4.48. The number of carbonyl (C=O) groups is 3. The summed E-state index contributed by atoms with van der Waals surface area (Å²) in [7, 11) is 1.20. The van der Waals surface area contributed by atoms with Gasteiger partial charge in [0, 0.05) is 23.5 Å². The Labute approximate surface area is 186 Å². The van der Waals surface area contributed by atoms with Crippen LogP contribution in [0.25, 0.3) is 0 Å². The zero-order chi connectivity index (χ0) is 21.7. The Bertz CT molecular complexity index is 923. The zero-order valence-corrected chi connectivity index (χ0v) is 18.6. The fourth-order valence-electron chi connectivity index (χ4n) is 3.42. The van der Waals surface area contributed by atoms with Crippen molar-refractivity contribution >= 4 is 45.5 Å². The Hall–Kier alpha value is -2.35. The second-order valence-corrected chi connectivity index (χ2v) is 8.56. The third kappa shape index (κ3) is 4.86. The molecule has 1 fully saturated rings. The summed E-state index contributed by atoms with van der Waals surface area (Å²) in [6.45, 7) is 2.01. The van der Waals surface area contributed by atoms with Crippen molar-refractivity contribution in [2.24, 2.45) is 5.92 Å². The lowest BCUT2D eigenvalue weighted by Gasteiger charge is -2.31. The van der Waals surface area contributed by atoms with E-state index in [4.69, 9.17) is 9.47 Å². The van der Waals surface area contributed by atoms with E-state index in [2.05, 4.69) is 27.3 Å². The molecule has 1 saturated heterocycles. The van der Waals surface area contributed by atoms with Crippen LogP contribution in [-0.2, 0) is 23.9 Å². The van der Waals surface area contributed by atoms with E-state index in [0.29, 0.717) is 31.9 Å². The van der Waals surface area contributed by atoms with E-state index in [9.17, 15) is 19.6 Å². The Morgan fingerprint density at radius 2 is 2.13 bits per heavy atom. The van der Waals surface area contributed by atoms with E-state index in [-0.39, 0.29) is 22.3 Å². The molecular weight excluding hydrogens is 474 g/mol. The van der Waals surface area contributed by atoms with Crippen molar-refractivity contribution < 1.29 is 23.9 Å². The molecule has 158 valence electrons. The number of amides is 2. The van der Waals surface area contributed by atoms with Crippen molar-refractivity contribution in [1.29, 1.82) is 5.26 Å². The first-order valence-electron chi connectivity index (χ1n) is 9.23. The maximum absolute atomic E-state index is 12.8. The Morgan fingerprint density at radius 1 is 1.40 bits per heavy atom. The molecule has 30 heavy (non-hydrogen) atoms. The normalized spacial score (nSPS) is 21.6. The first kappa shape index (κ1) is 22.3. The molecule has 2 heterocycles. The number of ether oxygens (including phenoxy) is 2. The highest BCUT2D eigenvalue weighted by atomic mass is 79.9. The topological polar surface area (TPSA) is 109 Å². The molecule has 10 heteroatoms. The molecule has 1 aromatic carbocycles. The SMILES string of the molecule is COC(=O)[C@H]1C(=O)NC(SCC(=O)N2CCOCC2)=C(C#N)[C@@H]1c1cccc(Br)c1. The number of hydrogen-bond acceptors (Lipinski definition) is 7. The minimum Gasteiger partial charge on any atom is -0.468 e. The van der Waals surface area contributed by atoms with Crippen LogP contribution in [0.3, 0.4) is 0 Å². The van der Waals surface area contributed by atoms with Gasteiger partial charge in [0.15, 0.2) is 0 Å². The summed E-state index contributed by atoms with van der Waals surface area (Å²) < 4.78 is 10.8. The first-order chi connectivity index (χ1) is 14.5. The molecule has 0 aromatic heterocycles. The number of esters is 1. The molecule has 0 unspecified atom stereocenters. The number of morpholine rings is 1. The van der Waals surface area contributed by atoms with Crippen LogP contribution >= 0.6 is 27.7 Å². The van der Waals surface area contributed by atoms with Crippen molar-refractivity contribution in [2.75, 3.05) is 39.2 Å². The van der Waals surface area contributed by atoms with Gasteiger partial charge in [-0.1, -0.05) is 39.8 Å². The number of carbonyl (C=O) groups excluding carboxylic acids is 3. The zero-order valence-electron chi connectivity index (χ0n) is 16.2. The van der Waals surface area contributed by atoms with Crippen LogP contribution in [0.5, 0.6) is 0 Å². The Kier molecular flexibility index (Phi) is 7.53. The average Bonchev–Trinajstić information content (AvgIpc) is 2.76. The lowest BCUT2D eigenvalue weighted by atomic mass is 9.78. The lowest BCUT2D eigenvalue weighted by Crippen LogP contribution is -2.45. The fraction of sp³-hybridized carbons (Fsp3) is 0.400. The summed E-state index contributed by atoms with van der Waals surface area (Å²) in [5.74, 6) is -3.33. The van der Waals surface area contributed by atoms with Crippen molar-refractivity contribution in [3.63, 3.8) is 0 Å². The molecule has 2 atom stereocenters. The van der Waals surface area contributed by atoms with Crippen LogP contribution < -0.4 is 5.32 Å². The van der Waals surface area contributed by atoms with Crippen LogP contribution in [0, 0.1) is 17.2 Å². The summed E-state index contributed by atoms with van der Waals surface area (Å²) in [6.07, 6.45) is 0. The molecule has 1 aromatic rings. The Balaban J connectivity index is 1.92. The van der Waals surface area contributed by atoms with E-state index in [0.717, 1.165) is 16.2 Å². The average molecular weight is 494 g/mol. The highest BCUT2D eigenvalue weighted by Gasteiger charge is 2.44. The third-order valence-electron chi connectivity index (χ3n) is 4.90. The summed E-state index contributed by atoms with van der Waals surface area (Å²) in [5.41, 5.74) is 0.853. The Morgan fingerprint density at radius 3 is 2.77 bits per heavy atom. The number of thioether (sulfide) groups is 1. The monoisotopic (exact) mass is 493 g/mol. The maximum atomic E-state index is 12.8. The van der Waals surface area contributed by atoms with E-state index < -0.39 is 23.7 Å². The molecule has 2 aliphatic heterocycles. The molecule has 0 bridgehead atoms. The van der Waals surface area contributed by atoms with Gasteiger partial charge in [-0.15, -0.1) is 0 Å². The quantitative estimate of drug-likeness (QED) is 0.491. The number of nitriles is 1. The fourth-order valence-corrected chi connectivity index (χ4v) is 4.79. The van der Waals surface area contributed by atoms with Crippen LogP contribution in [-0.4, -0.2) is 61.8 Å². The molecule has 2 amide bonds. The predicted octanol–water partition coefficient (Wildman–Crippen LogP) is 1.78. The van der Waals surface area contributed by atoms with Gasteiger partial charge < -0.3 is 19.7 Å². The molecule has 3 rings (SSSR count). The molecule has 8 nitrogen and oxygen atoms in total. The van der Waals surface area contributed by atoms with Crippen LogP contribution in [0.1, 0.15) is 11.5 Å². The van der Waals surface area contributed by atoms with Crippen molar-refractivity contribution in [3.8, 4) is 6.07 Å². The van der Waals surface area contributed by atoms with Gasteiger partial charge in [0.2, 0.25) is 11.8 Å². The van der Waals surface area contributed by atoms with Gasteiger partial charge in [-0.2, -0.15) is 5.26 Å². The summed E-state index contributed by atoms with van der Waals surface area (Å²) in [5, 5.41) is 12.8. The van der Waals surface area contributed by atoms with Crippen molar-refractivity contribution in [1.82, 2.24) is 10.2 Å². The van der Waals surface area contributed by atoms with Crippen LogP contribution in [0.4, 0.5) is 0 Å². The van der Waals surface area contributed by atoms with E-state index in [1.807, 2.05) is 6.07 Å². The van der Waals surface area contributed by atoms with Gasteiger partial charge in [-0.25, -0.2) is 0 Å².